The first-order valence-electron chi connectivity index (χ1n) is 5.94. The zero-order valence-electron chi connectivity index (χ0n) is 10.9. The fourth-order valence-corrected chi connectivity index (χ4v) is 1.70. The van der Waals surface area contributed by atoms with Gasteiger partial charge in [0.05, 0.1) is 6.33 Å². The number of amides is 1. The van der Waals surface area contributed by atoms with Crippen LogP contribution in [0.15, 0.2) is 18.6 Å². The number of imidazole rings is 1. The van der Waals surface area contributed by atoms with E-state index in [9.17, 15) is 4.79 Å². The lowest BCUT2D eigenvalue weighted by Gasteiger charge is -2.03. The second kappa shape index (κ2) is 5.57. The Labute approximate surface area is 110 Å². The molecule has 7 nitrogen and oxygen atoms in total. The summed E-state index contributed by atoms with van der Waals surface area (Å²) in [6, 6.07) is 1.84. The molecule has 0 bridgehead atoms. The van der Waals surface area contributed by atoms with Crippen LogP contribution >= 0.6 is 0 Å². The van der Waals surface area contributed by atoms with Crippen LogP contribution in [0.25, 0.3) is 0 Å². The highest BCUT2D eigenvalue weighted by Gasteiger charge is 2.11. The average Bonchev–Trinajstić information content (AvgIpc) is 2.76. The van der Waals surface area contributed by atoms with Gasteiger partial charge in [0, 0.05) is 30.7 Å². The lowest BCUT2D eigenvalue weighted by Crippen LogP contribution is -2.15. The maximum atomic E-state index is 12.0. The van der Waals surface area contributed by atoms with Crippen molar-refractivity contribution >= 4 is 11.9 Å². The quantitative estimate of drug-likeness (QED) is 0.834. The topological polar surface area (TPSA) is 98.7 Å². The summed E-state index contributed by atoms with van der Waals surface area (Å²) in [7, 11) is 0. The minimum absolute atomic E-state index is 0.288. The Morgan fingerprint density at radius 3 is 2.68 bits per heavy atom. The molecular weight excluding hydrogens is 244 g/mol. The third-order valence-electron chi connectivity index (χ3n) is 2.46. The van der Waals surface area contributed by atoms with E-state index in [2.05, 4.69) is 20.3 Å². The maximum absolute atomic E-state index is 12.0. The fraction of sp³-hybridized carbons (Fsp3) is 0.333. The number of carbonyl (C=O) groups excluding carboxylic acids is 1. The molecule has 0 aromatic carbocycles. The summed E-state index contributed by atoms with van der Waals surface area (Å²) in [6.45, 7) is 4.82. The van der Waals surface area contributed by atoms with Gasteiger partial charge in [0.15, 0.2) is 0 Å². The van der Waals surface area contributed by atoms with Gasteiger partial charge in [-0.25, -0.2) is 15.0 Å². The summed E-state index contributed by atoms with van der Waals surface area (Å²) >= 11 is 0. The zero-order chi connectivity index (χ0) is 13.8. The standard InChI is InChI=1S/C12H16N6O/c1-8-5-9(2)16-12(15-8)17-11(19)10-6-18(4-3-13)7-14-10/h5-7H,3-4,13H2,1-2H3,(H,15,16,17,19). The Hall–Kier alpha value is -2.28. The lowest BCUT2D eigenvalue weighted by atomic mass is 10.3. The fourth-order valence-electron chi connectivity index (χ4n) is 1.70. The van der Waals surface area contributed by atoms with Gasteiger partial charge >= 0.3 is 0 Å². The lowest BCUT2D eigenvalue weighted by molar-refractivity contribution is 0.102. The molecule has 2 aromatic heterocycles. The van der Waals surface area contributed by atoms with E-state index in [1.54, 1.807) is 17.1 Å². The first-order valence-corrected chi connectivity index (χ1v) is 5.94. The van der Waals surface area contributed by atoms with Gasteiger partial charge in [0.25, 0.3) is 5.91 Å². The van der Waals surface area contributed by atoms with Gasteiger partial charge in [-0.3, -0.25) is 10.1 Å². The second-order valence-electron chi connectivity index (χ2n) is 4.21. The summed E-state index contributed by atoms with van der Waals surface area (Å²) in [5.74, 6) is -0.0448. The molecule has 2 heterocycles. The Balaban J connectivity index is 2.11. The van der Waals surface area contributed by atoms with E-state index in [4.69, 9.17) is 5.73 Å². The summed E-state index contributed by atoms with van der Waals surface area (Å²) in [5.41, 5.74) is 7.35. The Morgan fingerprint density at radius 1 is 1.37 bits per heavy atom. The number of anilines is 1. The SMILES string of the molecule is Cc1cc(C)nc(NC(=O)c2cn(CCN)cn2)n1. The number of nitrogens with zero attached hydrogens (tertiary/aromatic N) is 4. The number of rotatable bonds is 4. The first kappa shape index (κ1) is 13.2. The number of nitrogens with one attached hydrogen (secondary N) is 1. The molecule has 0 aliphatic carbocycles. The smallest absolute Gasteiger partial charge is 0.278 e. The van der Waals surface area contributed by atoms with Crippen molar-refractivity contribution in [1.29, 1.82) is 0 Å². The molecule has 0 fully saturated rings. The van der Waals surface area contributed by atoms with Crippen molar-refractivity contribution in [3.8, 4) is 0 Å². The molecule has 0 aliphatic rings. The monoisotopic (exact) mass is 260 g/mol. The Morgan fingerprint density at radius 2 is 2.05 bits per heavy atom. The van der Waals surface area contributed by atoms with Crippen LogP contribution in [-0.4, -0.2) is 32.0 Å². The number of carbonyl (C=O) groups is 1. The molecule has 7 heteroatoms. The van der Waals surface area contributed by atoms with E-state index >= 15 is 0 Å². The van der Waals surface area contributed by atoms with Crippen LogP contribution < -0.4 is 11.1 Å². The molecule has 2 aromatic rings. The number of hydrogen-bond acceptors (Lipinski definition) is 5. The molecule has 100 valence electrons. The third kappa shape index (κ3) is 3.35. The minimum atomic E-state index is -0.333. The summed E-state index contributed by atoms with van der Waals surface area (Å²) in [4.78, 5) is 24.3. The van der Waals surface area contributed by atoms with Gasteiger partial charge < -0.3 is 10.3 Å². The highest BCUT2D eigenvalue weighted by Crippen LogP contribution is 2.06. The Kier molecular flexibility index (Phi) is 3.86. The van der Waals surface area contributed by atoms with E-state index in [-0.39, 0.29) is 11.9 Å². The molecule has 2 rings (SSSR count). The third-order valence-corrected chi connectivity index (χ3v) is 2.46. The van der Waals surface area contributed by atoms with Crippen molar-refractivity contribution in [3.05, 3.63) is 35.7 Å². The van der Waals surface area contributed by atoms with Gasteiger partial charge in [0.1, 0.15) is 5.69 Å². The van der Waals surface area contributed by atoms with E-state index < -0.39 is 0 Å². The van der Waals surface area contributed by atoms with Gasteiger partial charge in [-0.15, -0.1) is 0 Å². The van der Waals surface area contributed by atoms with E-state index in [1.165, 1.54) is 0 Å². The van der Waals surface area contributed by atoms with Crippen molar-refractivity contribution < 1.29 is 4.79 Å². The van der Waals surface area contributed by atoms with Crippen LogP contribution in [0.3, 0.4) is 0 Å². The van der Waals surface area contributed by atoms with Crippen molar-refractivity contribution in [2.75, 3.05) is 11.9 Å². The highest BCUT2D eigenvalue weighted by atomic mass is 16.2. The van der Waals surface area contributed by atoms with Crippen molar-refractivity contribution in [1.82, 2.24) is 19.5 Å². The molecule has 0 unspecified atom stereocenters. The maximum Gasteiger partial charge on any atom is 0.278 e. The normalized spacial score (nSPS) is 10.5. The van der Waals surface area contributed by atoms with Crippen LogP contribution in [0, 0.1) is 13.8 Å². The Bertz CT molecular complexity index is 571. The van der Waals surface area contributed by atoms with Crippen LogP contribution in [0.2, 0.25) is 0 Å². The molecule has 0 saturated carbocycles. The largest absolute Gasteiger partial charge is 0.335 e. The second-order valence-corrected chi connectivity index (χ2v) is 4.21. The molecular formula is C12H16N6O. The number of hydrogen-bond donors (Lipinski definition) is 2. The summed E-state index contributed by atoms with van der Waals surface area (Å²) in [5, 5.41) is 2.63. The van der Waals surface area contributed by atoms with Crippen LogP contribution in [-0.2, 0) is 6.54 Å². The number of aryl methyl sites for hydroxylation is 2. The van der Waals surface area contributed by atoms with Crippen LogP contribution in [0.1, 0.15) is 21.9 Å². The minimum Gasteiger partial charge on any atom is -0.335 e. The molecule has 0 spiro atoms. The van der Waals surface area contributed by atoms with Gasteiger partial charge in [-0.1, -0.05) is 0 Å². The predicted octanol–water partition coefficient (Wildman–Crippen LogP) is 0.501. The van der Waals surface area contributed by atoms with Gasteiger partial charge in [-0.2, -0.15) is 0 Å². The van der Waals surface area contributed by atoms with Gasteiger partial charge in [0.2, 0.25) is 5.95 Å². The van der Waals surface area contributed by atoms with Crippen molar-refractivity contribution in [2.45, 2.75) is 20.4 Å². The molecule has 19 heavy (non-hydrogen) atoms. The molecule has 0 aliphatic heterocycles. The summed E-state index contributed by atoms with van der Waals surface area (Å²) < 4.78 is 1.76. The van der Waals surface area contributed by atoms with E-state index in [0.717, 1.165) is 11.4 Å². The zero-order valence-corrected chi connectivity index (χ0v) is 10.9. The van der Waals surface area contributed by atoms with Gasteiger partial charge in [-0.05, 0) is 19.9 Å². The van der Waals surface area contributed by atoms with Crippen molar-refractivity contribution in [2.24, 2.45) is 5.73 Å². The molecule has 1 amide bonds. The average molecular weight is 260 g/mol. The van der Waals surface area contributed by atoms with Crippen molar-refractivity contribution in [3.63, 3.8) is 0 Å². The molecule has 0 radical (unpaired) electrons. The molecule has 0 saturated heterocycles. The predicted molar refractivity (Wildman–Crippen MR) is 70.7 cm³/mol. The van der Waals surface area contributed by atoms with Crippen LogP contribution in [0.4, 0.5) is 5.95 Å². The number of aromatic nitrogens is 4. The van der Waals surface area contributed by atoms with E-state index in [0.29, 0.717) is 18.8 Å². The first-order chi connectivity index (χ1) is 9.08. The van der Waals surface area contributed by atoms with E-state index in [1.807, 2.05) is 19.9 Å². The highest BCUT2D eigenvalue weighted by molar-refractivity contribution is 6.01. The number of nitrogens with two attached hydrogens (primary N) is 1. The molecule has 0 atom stereocenters. The summed E-state index contributed by atoms with van der Waals surface area (Å²) in [6.07, 6.45) is 3.22. The van der Waals surface area contributed by atoms with Crippen LogP contribution in [0.5, 0.6) is 0 Å². The molecule has 3 N–H and O–H groups in total.